The summed E-state index contributed by atoms with van der Waals surface area (Å²) in [6, 6.07) is -0.997. The van der Waals surface area contributed by atoms with Gasteiger partial charge >= 0.3 is 0 Å². The monoisotopic (exact) mass is 705 g/mol. The van der Waals surface area contributed by atoms with E-state index in [0.717, 1.165) is 0 Å². The summed E-state index contributed by atoms with van der Waals surface area (Å²) in [5.74, 6) is 0.196. The lowest BCUT2D eigenvalue weighted by molar-refractivity contribution is -0.336. The molecule has 0 bridgehead atoms. The van der Waals surface area contributed by atoms with Crippen molar-refractivity contribution in [2.75, 3.05) is 33.0 Å². The second-order valence-corrected chi connectivity index (χ2v) is 12.0. The van der Waals surface area contributed by atoms with Gasteiger partial charge in [0.1, 0.15) is 85.4 Å². The van der Waals surface area contributed by atoms with Gasteiger partial charge in [0.2, 0.25) is 6.29 Å². The molecule has 0 saturated carbocycles. The first kappa shape index (κ1) is 39.5. The third-order valence-corrected chi connectivity index (χ3v) is 8.44. The van der Waals surface area contributed by atoms with Gasteiger partial charge in [0.05, 0.1) is 39.1 Å². The first-order valence-corrected chi connectivity index (χ1v) is 15.4. The highest BCUT2D eigenvalue weighted by atomic mass is 16.8. The molecule has 0 aliphatic carbocycles. The number of nitrogens with zero attached hydrogens (tertiary/aromatic N) is 1. The molecule has 4 aliphatic heterocycles. The molecule has 3 saturated heterocycles. The molecule has 21 nitrogen and oxygen atoms in total. The van der Waals surface area contributed by atoms with E-state index in [0.29, 0.717) is 0 Å². The van der Waals surface area contributed by atoms with Crippen molar-refractivity contribution < 1.29 is 99.2 Å². The predicted molar refractivity (Wildman–Crippen MR) is 150 cm³/mol. The van der Waals surface area contributed by atoms with Crippen molar-refractivity contribution in [3.63, 3.8) is 0 Å². The highest BCUT2D eigenvalue weighted by Crippen LogP contribution is 2.32. The molecule has 0 aromatic heterocycles. The molecule has 280 valence electrons. The lowest BCUT2D eigenvalue weighted by Gasteiger charge is -2.43. The second-order valence-electron chi connectivity index (χ2n) is 12.0. The standard InChI is InChI=1S/C27H47NO20/c1-8(32)14(7-42-27-22(40)20(38)17(35)12(4-30)45-27)47-24(10(33)6-41-26-21(39)19(37)16(34)11(3-29)44-26)48-23-13(5-31)46-25-15(18(23)36)28-9(2)43-25/h8,10-27,29-40H,3-7H2,1-2H3/t8-,10+,11?,12?,13?,14?,15?,16-,17+,18+,19?,20?,21-,22+,23+,24-,25-,26+,27-/m0/s1. The normalized spacial score (nSPS) is 44.3. The van der Waals surface area contributed by atoms with Crippen LogP contribution in [0, 0.1) is 0 Å². The van der Waals surface area contributed by atoms with Crippen molar-refractivity contribution in [1.29, 1.82) is 0 Å². The van der Waals surface area contributed by atoms with Crippen LogP contribution in [0.1, 0.15) is 13.8 Å². The van der Waals surface area contributed by atoms with Gasteiger partial charge in [-0.3, -0.25) is 0 Å². The highest BCUT2D eigenvalue weighted by molar-refractivity contribution is 5.75. The van der Waals surface area contributed by atoms with Gasteiger partial charge in [-0.05, 0) is 6.92 Å². The third kappa shape index (κ3) is 8.77. The zero-order chi connectivity index (χ0) is 35.4. The molecule has 4 heterocycles. The Morgan fingerprint density at radius 3 is 1.71 bits per heavy atom. The Morgan fingerprint density at radius 1 is 0.688 bits per heavy atom. The Morgan fingerprint density at radius 2 is 1.21 bits per heavy atom. The molecule has 0 aromatic carbocycles. The van der Waals surface area contributed by atoms with Crippen LogP contribution in [0.2, 0.25) is 0 Å². The Hall–Kier alpha value is -1.29. The maximum absolute atomic E-state index is 11.2. The van der Waals surface area contributed by atoms with Crippen LogP contribution in [0.3, 0.4) is 0 Å². The third-order valence-electron chi connectivity index (χ3n) is 8.44. The molecule has 0 spiro atoms. The van der Waals surface area contributed by atoms with Crippen molar-refractivity contribution in [3.05, 3.63) is 0 Å². The van der Waals surface area contributed by atoms with E-state index in [2.05, 4.69) is 4.99 Å². The summed E-state index contributed by atoms with van der Waals surface area (Å²) >= 11 is 0. The quantitative estimate of drug-likeness (QED) is 0.0704. The van der Waals surface area contributed by atoms with E-state index in [1.807, 2.05) is 0 Å². The predicted octanol–water partition coefficient (Wildman–Crippen LogP) is -7.65. The van der Waals surface area contributed by atoms with Crippen LogP contribution >= 0.6 is 0 Å². The lowest BCUT2D eigenvalue weighted by Crippen LogP contribution is -2.61. The van der Waals surface area contributed by atoms with Crippen LogP contribution in [-0.2, 0) is 37.9 Å². The van der Waals surface area contributed by atoms with Gasteiger partial charge in [-0.1, -0.05) is 0 Å². The number of rotatable bonds is 15. The molecule has 19 atom stereocenters. The Labute approximate surface area is 274 Å². The molecular weight excluding hydrogens is 658 g/mol. The van der Waals surface area contributed by atoms with Crippen molar-refractivity contribution in [2.45, 2.75) is 131 Å². The van der Waals surface area contributed by atoms with Gasteiger partial charge < -0.3 is 99.2 Å². The molecule has 7 unspecified atom stereocenters. The van der Waals surface area contributed by atoms with E-state index in [1.54, 1.807) is 0 Å². The van der Waals surface area contributed by atoms with Crippen LogP contribution in [-0.4, -0.2) is 217 Å². The summed E-state index contributed by atoms with van der Waals surface area (Å²) in [5.41, 5.74) is 0. The minimum absolute atomic E-state index is 0.196. The molecule has 3 fully saturated rings. The molecule has 0 aromatic rings. The highest BCUT2D eigenvalue weighted by Gasteiger charge is 2.52. The van der Waals surface area contributed by atoms with Gasteiger partial charge in [-0.25, -0.2) is 4.99 Å². The zero-order valence-corrected chi connectivity index (χ0v) is 26.1. The van der Waals surface area contributed by atoms with Gasteiger partial charge in [0, 0.05) is 6.92 Å². The Bertz CT molecular complexity index is 1020. The molecule has 0 radical (unpaired) electrons. The number of hydrogen-bond acceptors (Lipinski definition) is 21. The number of ether oxygens (including phenoxy) is 8. The number of aliphatic imine (C=N–C) groups is 1. The van der Waals surface area contributed by atoms with Crippen LogP contribution < -0.4 is 0 Å². The summed E-state index contributed by atoms with van der Waals surface area (Å²) in [6.45, 7) is -0.787. The molecule has 0 amide bonds. The maximum Gasteiger partial charge on any atom is 0.227 e. The van der Waals surface area contributed by atoms with Crippen molar-refractivity contribution in [3.8, 4) is 0 Å². The van der Waals surface area contributed by atoms with Crippen LogP contribution in [0.4, 0.5) is 0 Å². The fourth-order valence-electron chi connectivity index (χ4n) is 5.57. The Kier molecular flexibility index (Phi) is 14.2. The van der Waals surface area contributed by atoms with Crippen molar-refractivity contribution in [2.24, 2.45) is 4.99 Å². The first-order valence-electron chi connectivity index (χ1n) is 15.4. The number of aliphatic hydroxyl groups excluding tert-OH is 12. The number of hydrogen-bond donors (Lipinski definition) is 12. The van der Waals surface area contributed by atoms with Gasteiger partial charge in [-0.2, -0.15) is 0 Å². The van der Waals surface area contributed by atoms with Gasteiger partial charge in [-0.15, -0.1) is 0 Å². The molecular formula is C27H47NO20. The molecule has 4 rings (SSSR count). The van der Waals surface area contributed by atoms with E-state index >= 15 is 0 Å². The average Bonchev–Trinajstić information content (AvgIpc) is 3.45. The van der Waals surface area contributed by atoms with Crippen molar-refractivity contribution in [1.82, 2.24) is 0 Å². The maximum atomic E-state index is 11.2. The zero-order valence-electron chi connectivity index (χ0n) is 26.1. The van der Waals surface area contributed by atoms with Crippen LogP contribution in [0.15, 0.2) is 4.99 Å². The van der Waals surface area contributed by atoms with E-state index < -0.39 is 150 Å². The van der Waals surface area contributed by atoms with Crippen LogP contribution in [0.5, 0.6) is 0 Å². The number of fused-ring (bicyclic) bond motifs is 1. The summed E-state index contributed by atoms with van der Waals surface area (Å²) in [7, 11) is 0. The fraction of sp³-hybridized carbons (Fsp3) is 0.963. The van der Waals surface area contributed by atoms with Crippen molar-refractivity contribution >= 4 is 5.90 Å². The summed E-state index contributed by atoms with van der Waals surface area (Å²) in [5, 5.41) is 123. The minimum atomic E-state index is -1.87. The van der Waals surface area contributed by atoms with Gasteiger partial charge in [0.15, 0.2) is 24.8 Å². The minimum Gasteiger partial charge on any atom is -0.450 e. The Balaban J connectivity index is 1.51. The van der Waals surface area contributed by atoms with Crippen LogP contribution in [0.25, 0.3) is 0 Å². The molecule has 21 heteroatoms. The summed E-state index contributed by atoms with van der Waals surface area (Å²) in [6.07, 6.45) is -28.2. The summed E-state index contributed by atoms with van der Waals surface area (Å²) < 4.78 is 44.4. The van der Waals surface area contributed by atoms with E-state index in [9.17, 15) is 61.3 Å². The van der Waals surface area contributed by atoms with Gasteiger partial charge in [0.25, 0.3) is 0 Å². The number of aliphatic hydroxyl groups is 12. The topological polar surface area (TPSA) is 329 Å². The largest absolute Gasteiger partial charge is 0.450 e. The summed E-state index contributed by atoms with van der Waals surface area (Å²) in [4.78, 5) is 4.17. The molecule has 12 N–H and O–H groups in total. The average molecular weight is 706 g/mol. The second kappa shape index (κ2) is 17.3. The molecule has 48 heavy (non-hydrogen) atoms. The lowest BCUT2D eigenvalue weighted by atomic mass is 9.97. The van der Waals surface area contributed by atoms with E-state index in [-0.39, 0.29) is 5.90 Å². The van der Waals surface area contributed by atoms with E-state index in [4.69, 9.17) is 37.9 Å². The fourth-order valence-corrected chi connectivity index (χ4v) is 5.57. The van der Waals surface area contributed by atoms with E-state index in [1.165, 1.54) is 13.8 Å². The smallest absolute Gasteiger partial charge is 0.227 e. The first-order chi connectivity index (χ1) is 22.7. The SMILES string of the molecule is CC1=NC2[C@@H](O1)OC(CO)[C@@H](O[C@H](OC(CO[C@H]1OC(CO)[C@@H](O)C(O)[C@H]1O)[C@H](C)O)[C@H](O)CO[C@@H]1OC(CO)[C@H](O)C(O)[C@@H]1O)[C@@H]2O. The molecule has 4 aliphatic rings.